The molecule has 3 nitrogen and oxygen atoms in total. The van der Waals surface area contributed by atoms with Crippen LogP contribution >= 0.6 is 11.6 Å². The molecule has 1 atom stereocenters. The van der Waals surface area contributed by atoms with Gasteiger partial charge in [0.15, 0.2) is 0 Å². The predicted molar refractivity (Wildman–Crippen MR) is 78.4 cm³/mol. The van der Waals surface area contributed by atoms with Gasteiger partial charge in [-0.25, -0.2) is 0 Å². The molecule has 0 amide bonds. The van der Waals surface area contributed by atoms with E-state index < -0.39 is 0 Å². The minimum atomic E-state index is -0.0665. The number of piperidine rings is 1. The topological polar surface area (TPSA) is 21.7 Å². The SMILES string of the molecule is COc1ccc(OC)c(C(Cl)CN2CCCCC2)c1. The highest BCUT2D eigenvalue weighted by Gasteiger charge is 2.19. The molecule has 1 unspecified atom stereocenters. The number of methoxy groups -OCH3 is 2. The van der Waals surface area contributed by atoms with Crippen LogP contribution in [0, 0.1) is 0 Å². The van der Waals surface area contributed by atoms with Crippen LogP contribution in [0.25, 0.3) is 0 Å². The summed E-state index contributed by atoms with van der Waals surface area (Å²) in [7, 11) is 3.34. The van der Waals surface area contributed by atoms with Crippen LogP contribution in [0.2, 0.25) is 0 Å². The van der Waals surface area contributed by atoms with Crippen molar-refractivity contribution in [2.45, 2.75) is 24.6 Å². The van der Waals surface area contributed by atoms with E-state index in [1.54, 1.807) is 14.2 Å². The summed E-state index contributed by atoms with van der Waals surface area (Å²) >= 11 is 6.58. The van der Waals surface area contributed by atoms with Crippen LogP contribution in [0.15, 0.2) is 18.2 Å². The molecule has 0 saturated carbocycles. The van der Waals surface area contributed by atoms with E-state index in [0.717, 1.165) is 36.7 Å². The molecule has 4 heteroatoms. The lowest BCUT2D eigenvalue weighted by molar-refractivity contribution is 0.228. The average Bonchev–Trinajstić information content (AvgIpc) is 2.47. The number of rotatable bonds is 5. The summed E-state index contributed by atoms with van der Waals surface area (Å²) in [5, 5.41) is -0.0665. The van der Waals surface area contributed by atoms with Gasteiger partial charge in [0.25, 0.3) is 0 Å². The molecule has 1 aromatic carbocycles. The van der Waals surface area contributed by atoms with Gasteiger partial charge in [-0.15, -0.1) is 11.6 Å². The molecular weight excluding hydrogens is 262 g/mol. The van der Waals surface area contributed by atoms with Crippen molar-refractivity contribution in [2.75, 3.05) is 33.9 Å². The lowest BCUT2D eigenvalue weighted by Gasteiger charge is -2.28. The largest absolute Gasteiger partial charge is 0.497 e. The summed E-state index contributed by atoms with van der Waals surface area (Å²) in [6.45, 7) is 3.16. The molecule has 2 rings (SSSR count). The number of alkyl halides is 1. The van der Waals surface area contributed by atoms with E-state index in [9.17, 15) is 0 Å². The van der Waals surface area contributed by atoms with Crippen LogP contribution in [-0.4, -0.2) is 38.8 Å². The van der Waals surface area contributed by atoms with E-state index in [0.29, 0.717) is 0 Å². The second-order valence-corrected chi connectivity index (χ2v) is 5.46. The maximum Gasteiger partial charge on any atom is 0.123 e. The fourth-order valence-electron chi connectivity index (χ4n) is 2.55. The molecule has 0 aromatic heterocycles. The molecule has 0 aliphatic carbocycles. The Labute approximate surface area is 120 Å². The van der Waals surface area contributed by atoms with Gasteiger partial charge in [-0.1, -0.05) is 6.42 Å². The zero-order chi connectivity index (χ0) is 13.7. The van der Waals surface area contributed by atoms with Crippen LogP contribution in [0.1, 0.15) is 30.2 Å². The van der Waals surface area contributed by atoms with Crippen LogP contribution < -0.4 is 9.47 Å². The second kappa shape index (κ2) is 7.01. The Bertz CT molecular complexity index is 405. The Morgan fingerprint density at radius 3 is 2.53 bits per heavy atom. The van der Waals surface area contributed by atoms with Gasteiger partial charge in [0, 0.05) is 12.1 Å². The quantitative estimate of drug-likeness (QED) is 0.773. The summed E-state index contributed by atoms with van der Waals surface area (Å²) in [4.78, 5) is 2.43. The van der Waals surface area contributed by atoms with E-state index in [1.165, 1.54) is 19.3 Å². The minimum Gasteiger partial charge on any atom is -0.497 e. The third-order valence-electron chi connectivity index (χ3n) is 3.64. The molecule has 1 aromatic rings. The summed E-state index contributed by atoms with van der Waals surface area (Å²) in [6.07, 6.45) is 3.89. The van der Waals surface area contributed by atoms with Crippen molar-refractivity contribution in [3.05, 3.63) is 23.8 Å². The molecule has 106 valence electrons. The number of benzene rings is 1. The first-order valence-corrected chi connectivity index (χ1v) is 7.26. The van der Waals surface area contributed by atoms with Crippen LogP contribution in [-0.2, 0) is 0 Å². The third-order valence-corrected chi connectivity index (χ3v) is 4.01. The van der Waals surface area contributed by atoms with E-state index >= 15 is 0 Å². The minimum absolute atomic E-state index is 0.0665. The summed E-state index contributed by atoms with van der Waals surface area (Å²) in [6, 6.07) is 5.78. The van der Waals surface area contributed by atoms with E-state index in [-0.39, 0.29) is 5.38 Å². The van der Waals surface area contributed by atoms with Gasteiger partial charge in [0.1, 0.15) is 11.5 Å². The molecule has 0 N–H and O–H groups in total. The summed E-state index contributed by atoms with van der Waals surface area (Å²) < 4.78 is 10.7. The van der Waals surface area contributed by atoms with E-state index in [2.05, 4.69) is 4.90 Å². The van der Waals surface area contributed by atoms with Crippen molar-refractivity contribution in [2.24, 2.45) is 0 Å². The molecular formula is C15H22ClNO2. The zero-order valence-electron chi connectivity index (χ0n) is 11.7. The highest BCUT2D eigenvalue weighted by atomic mass is 35.5. The number of hydrogen-bond acceptors (Lipinski definition) is 3. The lowest BCUT2D eigenvalue weighted by Crippen LogP contribution is -2.32. The average molecular weight is 284 g/mol. The molecule has 1 aliphatic rings. The summed E-state index contributed by atoms with van der Waals surface area (Å²) in [5.41, 5.74) is 1.01. The van der Waals surface area contributed by atoms with Crippen molar-refractivity contribution >= 4 is 11.6 Å². The Morgan fingerprint density at radius 1 is 1.16 bits per heavy atom. The van der Waals surface area contributed by atoms with Crippen LogP contribution in [0.5, 0.6) is 11.5 Å². The van der Waals surface area contributed by atoms with Crippen molar-refractivity contribution < 1.29 is 9.47 Å². The standard InChI is InChI=1S/C15H22ClNO2/c1-18-12-6-7-15(19-2)13(10-12)14(16)11-17-8-4-3-5-9-17/h6-7,10,14H,3-5,8-9,11H2,1-2H3. The highest BCUT2D eigenvalue weighted by Crippen LogP contribution is 2.33. The Morgan fingerprint density at radius 2 is 1.89 bits per heavy atom. The maximum atomic E-state index is 6.58. The van der Waals surface area contributed by atoms with Crippen LogP contribution in [0.4, 0.5) is 0 Å². The maximum absolute atomic E-state index is 6.58. The van der Waals surface area contributed by atoms with Crippen LogP contribution in [0.3, 0.4) is 0 Å². The zero-order valence-corrected chi connectivity index (χ0v) is 12.4. The molecule has 1 fully saturated rings. The number of hydrogen-bond donors (Lipinski definition) is 0. The first-order chi connectivity index (χ1) is 9.24. The van der Waals surface area contributed by atoms with Gasteiger partial charge in [-0.2, -0.15) is 0 Å². The number of nitrogens with zero attached hydrogens (tertiary/aromatic N) is 1. The van der Waals surface area contributed by atoms with Crippen molar-refractivity contribution in [1.29, 1.82) is 0 Å². The van der Waals surface area contributed by atoms with Gasteiger partial charge < -0.3 is 14.4 Å². The highest BCUT2D eigenvalue weighted by molar-refractivity contribution is 6.21. The number of likely N-dealkylation sites (tertiary alicyclic amines) is 1. The number of ether oxygens (including phenoxy) is 2. The third kappa shape index (κ3) is 3.77. The lowest BCUT2D eigenvalue weighted by atomic mass is 10.1. The monoisotopic (exact) mass is 283 g/mol. The fourth-order valence-corrected chi connectivity index (χ4v) is 2.92. The second-order valence-electron chi connectivity index (χ2n) is 4.94. The van der Waals surface area contributed by atoms with Gasteiger partial charge in [-0.05, 0) is 44.1 Å². The van der Waals surface area contributed by atoms with Gasteiger partial charge >= 0.3 is 0 Å². The van der Waals surface area contributed by atoms with Gasteiger partial charge in [0.05, 0.1) is 19.6 Å². The van der Waals surface area contributed by atoms with Crippen molar-refractivity contribution in [1.82, 2.24) is 4.90 Å². The molecule has 0 radical (unpaired) electrons. The fraction of sp³-hybridized carbons (Fsp3) is 0.600. The first kappa shape index (κ1) is 14.5. The Balaban J connectivity index is 2.09. The van der Waals surface area contributed by atoms with Gasteiger partial charge in [0.2, 0.25) is 0 Å². The Kier molecular flexibility index (Phi) is 5.34. The smallest absolute Gasteiger partial charge is 0.123 e. The molecule has 1 heterocycles. The van der Waals surface area contributed by atoms with Gasteiger partial charge in [-0.3, -0.25) is 0 Å². The Hall–Kier alpha value is -0.930. The molecule has 19 heavy (non-hydrogen) atoms. The van der Waals surface area contributed by atoms with Crippen molar-refractivity contribution in [3.63, 3.8) is 0 Å². The molecule has 0 bridgehead atoms. The van der Waals surface area contributed by atoms with Crippen molar-refractivity contribution in [3.8, 4) is 11.5 Å². The summed E-state index contributed by atoms with van der Waals surface area (Å²) in [5.74, 6) is 1.65. The molecule has 0 spiro atoms. The normalized spacial score (nSPS) is 18.1. The molecule has 1 aliphatic heterocycles. The number of halogens is 1. The van der Waals surface area contributed by atoms with E-state index in [4.69, 9.17) is 21.1 Å². The first-order valence-electron chi connectivity index (χ1n) is 6.83. The predicted octanol–water partition coefficient (Wildman–Crippen LogP) is 3.47. The molecule has 1 saturated heterocycles. The van der Waals surface area contributed by atoms with E-state index in [1.807, 2.05) is 18.2 Å².